The minimum atomic E-state index is 0.700. The van der Waals surface area contributed by atoms with Crippen LogP contribution in [0.5, 0.6) is 0 Å². The van der Waals surface area contributed by atoms with Crippen molar-refractivity contribution < 1.29 is 64.2 Å². The summed E-state index contributed by atoms with van der Waals surface area (Å²) in [6, 6.07) is 0. The van der Waals surface area contributed by atoms with Crippen molar-refractivity contribution in [2.75, 3.05) is 0 Å². The molecule has 35 valence electrons. The van der Waals surface area contributed by atoms with Crippen LogP contribution in [0.3, 0.4) is 0 Å². The molecule has 0 bridgehead atoms. The van der Waals surface area contributed by atoms with Gasteiger partial charge in [-0.15, -0.1) is 0 Å². The Balaban J connectivity index is -0.0000000225. The second kappa shape index (κ2) is 116. The molecule has 0 spiro atoms. The van der Waals surface area contributed by atoms with E-state index in [1.807, 2.05) is 0 Å². The van der Waals surface area contributed by atoms with E-state index in [4.69, 9.17) is 10.9 Å². The van der Waals surface area contributed by atoms with Gasteiger partial charge >= 0.3 is 64.2 Å². The number of hydrogen-bond acceptors (Lipinski definition) is 3. The van der Waals surface area contributed by atoms with Gasteiger partial charge in [0.05, 0.1) is 0 Å². The van der Waals surface area contributed by atoms with Gasteiger partial charge in [0.2, 0.25) is 0 Å². The van der Waals surface area contributed by atoms with Crippen LogP contribution in [0, 0.1) is 0 Å². The van der Waals surface area contributed by atoms with Gasteiger partial charge in [-0.3, -0.25) is 0 Å². The van der Waals surface area contributed by atoms with E-state index in [1.165, 1.54) is 16.2 Å². The molecule has 6 heteroatoms. The second-order valence-electron chi connectivity index (χ2n) is 0. The third-order valence-electron chi connectivity index (χ3n) is 0. The Morgan fingerprint density at radius 2 is 1.17 bits per heavy atom. The summed E-state index contributed by atoms with van der Waals surface area (Å²) in [5.41, 5.74) is 0. The fraction of sp³-hybridized carbons (Fsp3) is 0. The van der Waals surface area contributed by atoms with Crippen LogP contribution < -0.4 is 0 Å². The maximum absolute atomic E-state index is 8.26. The molecule has 0 heterocycles. The summed E-state index contributed by atoms with van der Waals surface area (Å²) in [5.74, 6) is 0. The van der Waals surface area contributed by atoms with E-state index in [1.54, 1.807) is 0 Å². The molecule has 0 amide bonds. The molecule has 0 aliphatic heterocycles. The van der Waals surface area contributed by atoms with Crippen LogP contribution in [0.25, 0.3) is 0 Å². The Morgan fingerprint density at radius 1 is 1.17 bits per heavy atom. The molecule has 0 aliphatic carbocycles. The van der Waals surface area contributed by atoms with E-state index in [-0.39, 0.29) is 0 Å². The Kier molecular flexibility index (Phi) is 303. The summed E-state index contributed by atoms with van der Waals surface area (Å²) >= 11 is 3.14. The van der Waals surface area contributed by atoms with Gasteiger partial charge in [-0.25, -0.2) is 0 Å². The fourth-order valence-electron chi connectivity index (χ4n) is 0. The first kappa shape index (κ1) is 15.7. The van der Waals surface area contributed by atoms with Gasteiger partial charge in [0.25, 0.3) is 0 Å². The summed E-state index contributed by atoms with van der Waals surface area (Å²) < 4.78 is 24.6. The quantitative estimate of drug-likeness (QED) is 0.549. The molecule has 0 aliphatic rings. The van der Waals surface area contributed by atoms with Crippen molar-refractivity contribution >= 4 is 0 Å². The Labute approximate surface area is 63.9 Å². The van der Waals surface area contributed by atoms with E-state index in [2.05, 4.69) is 0 Å². The molecule has 0 atom stereocenters. The van der Waals surface area contributed by atoms with Crippen molar-refractivity contribution in [2.45, 2.75) is 0 Å². The molecular weight excluding hydrogens is 247 g/mol. The topological polar surface area (TPSA) is 51.2 Å². The van der Waals surface area contributed by atoms with Crippen molar-refractivity contribution in [1.82, 2.24) is 0 Å². The SMILES string of the molecule is [O]=[Cr].[O]=[Mo].[O]=[V]. The Bertz CT molecular complexity index is 15.5. The van der Waals surface area contributed by atoms with Crippen LogP contribution in [0.2, 0.25) is 0 Å². The van der Waals surface area contributed by atoms with Crippen molar-refractivity contribution in [3.05, 3.63) is 0 Å². The van der Waals surface area contributed by atoms with Gasteiger partial charge in [0, 0.05) is 0 Å². The third kappa shape index (κ3) is 63.4. The van der Waals surface area contributed by atoms with Crippen molar-refractivity contribution in [3.63, 3.8) is 0 Å². The third-order valence-corrected chi connectivity index (χ3v) is 0. The molecule has 0 saturated carbocycles. The summed E-state index contributed by atoms with van der Waals surface area (Å²) in [6.07, 6.45) is 0. The molecule has 3 nitrogen and oxygen atoms in total. The standard InChI is InChI=1S/Cr.Mo.3O.V. The fourth-order valence-corrected chi connectivity index (χ4v) is 0. The summed E-state index contributed by atoms with van der Waals surface area (Å²) in [6.45, 7) is 0. The molecule has 0 radical (unpaired) electrons. The van der Waals surface area contributed by atoms with Crippen LogP contribution in [0.1, 0.15) is 0 Å². The molecule has 0 aromatic heterocycles. The van der Waals surface area contributed by atoms with Crippen LogP contribution in [0.15, 0.2) is 0 Å². The maximum atomic E-state index is 8.26. The first-order valence-corrected chi connectivity index (χ1v) is 2.43. The molecule has 0 unspecified atom stereocenters. The van der Waals surface area contributed by atoms with Crippen molar-refractivity contribution in [1.29, 1.82) is 0 Å². The molecular formula is CrMoO3V. The van der Waals surface area contributed by atoms with Crippen LogP contribution in [0.4, 0.5) is 0 Å². The van der Waals surface area contributed by atoms with E-state index in [0.717, 1.165) is 17.4 Å². The van der Waals surface area contributed by atoms with Crippen LogP contribution >= 0.6 is 0 Å². The first-order valence-electron chi connectivity index (χ1n) is 0.516. The minimum absolute atomic E-state index is 0.700. The summed E-state index contributed by atoms with van der Waals surface area (Å²) in [5, 5.41) is 0. The van der Waals surface area contributed by atoms with E-state index in [9.17, 15) is 0 Å². The van der Waals surface area contributed by atoms with Crippen molar-refractivity contribution in [2.24, 2.45) is 0 Å². The van der Waals surface area contributed by atoms with Gasteiger partial charge in [-0.05, 0) is 0 Å². The zero-order valence-corrected chi connectivity index (χ0v) is 7.17. The van der Waals surface area contributed by atoms with Gasteiger partial charge in [-0.1, -0.05) is 0 Å². The summed E-state index contributed by atoms with van der Waals surface area (Å²) in [4.78, 5) is 0. The molecule has 0 saturated heterocycles. The molecule has 6 heavy (non-hydrogen) atoms. The van der Waals surface area contributed by atoms with Crippen molar-refractivity contribution in [3.8, 4) is 0 Å². The molecule has 0 aromatic rings. The van der Waals surface area contributed by atoms with Gasteiger partial charge in [0.1, 0.15) is 0 Å². The van der Waals surface area contributed by atoms with E-state index >= 15 is 0 Å². The zero-order valence-electron chi connectivity index (χ0n) is 2.49. The van der Waals surface area contributed by atoms with Gasteiger partial charge in [0.15, 0.2) is 0 Å². The zero-order chi connectivity index (χ0) is 6.00. The number of hydrogen-bond donors (Lipinski definition) is 0. The van der Waals surface area contributed by atoms with Crippen LogP contribution in [-0.2, 0) is 64.2 Å². The van der Waals surface area contributed by atoms with Gasteiger partial charge in [-0.2, -0.15) is 0 Å². The average molecular weight is 247 g/mol. The van der Waals surface area contributed by atoms with E-state index in [0.29, 0.717) is 19.8 Å². The van der Waals surface area contributed by atoms with E-state index < -0.39 is 0 Å². The monoisotopic (exact) mass is 249 g/mol. The average Bonchev–Trinajstić information content (AvgIpc) is 1.81. The molecule has 0 aromatic carbocycles. The predicted molar refractivity (Wildman–Crippen MR) is 2.06 cm³/mol. The van der Waals surface area contributed by atoms with Crippen LogP contribution in [-0.4, -0.2) is 0 Å². The molecule has 0 rings (SSSR count). The Morgan fingerprint density at radius 3 is 1.17 bits per heavy atom. The molecule has 0 N–H and O–H groups in total. The predicted octanol–water partition coefficient (Wildman–Crippen LogP) is -0.364. The second-order valence-corrected chi connectivity index (χ2v) is 0. The first-order chi connectivity index (χ1) is 3.00. The Hall–Kier alpha value is 1.21. The number of rotatable bonds is 0. The summed E-state index contributed by atoms with van der Waals surface area (Å²) in [7, 11) is 0. The van der Waals surface area contributed by atoms with Gasteiger partial charge < -0.3 is 0 Å². The molecule has 0 fully saturated rings. The normalized spacial score (nSPS) is 1.83.